The number of hydrogen-bond acceptors (Lipinski definition) is 5. The number of ether oxygens (including phenoxy) is 1. The molecule has 0 amide bonds. The van der Waals surface area contributed by atoms with Gasteiger partial charge in [0.05, 0.1) is 7.11 Å². The number of methoxy groups -OCH3 is 1. The molecule has 1 aromatic heterocycles. The first-order chi connectivity index (χ1) is 11.7. The lowest BCUT2D eigenvalue weighted by atomic mass is 9.97. The molecule has 5 nitrogen and oxygen atoms in total. The van der Waals surface area contributed by atoms with Crippen molar-refractivity contribution in [2.45, 2.75) is 25.8 Å². The molecule has 3 rings (SSSR count). The lowest BCUT2D eigenvalue weighted by Crippen LogP contribution is -2.01. The van der Waals surface area contributed by atoms with E-state index in [1.807, 2.05) is 42.5 Å². The first-order valence-corrected chi connectivity index (χ1v) is 7.96. The van der Waals surface area contributed by atoms with Crippen LogP contribution in [0, 0.1) is 0 Å². The van der Waals surface area contributed by atoms with Crippen molar-refractivity contribution >= 4 is 12.4 Å². The summed E-state index contributed by atoms with van der Waals surface area (Å²) in [6.07, 6.45) is 0.661. The monoisotopic (exact) mass is 359 g/mol. The predicted molar refractivity (Wildman–Crippen MR) is 100.0 cm³/mol. The highest BCUT2D eigenvalue weighted by Gasteiger charge is 2.16. The van der Waals surface area contributed by atoms with Gasteiger partial charge in [0.2, 0.25) is 11.7 Å². The number of benzene rings is 2. The largest absolute Gasteiger partial charge is 0.496 e. The van der Waals surface area contributed by atoms with E-state index in [4.69, 9.17) is 15.0 Å². The van der Waals surface area contributed by atoms with Gasteiger partial charge in [-0.3, -0.25) is 0 Å². The molecule has 6 heteroatoms. The molecular weight excluding hydrogens is 338 g/mol. The van der Waals surface area contributed by atoms with E-state index in [1.54, 1.807) is 7.11 Å². The first kappa shape index (κ1) is 19.0. The van der Waals surface area contributed by atoms with Crippen LogP contribution in [0.4, 0.5) is 0 Å². The summed E-state index contributed by atoms with van der Waals surface area (Å²) in [5, 5.41) is 4.08. The van der Waals surface area contributed by atoms with Crippen LogP contribution >= 0.6 is 12.4 Å². The summed E-state index contributed by atoms with van der Waals surface area (Å²) in [7, 11) is 1.68. The van der Waals surface area contributed by atoms with Crippen molar-refractivity contribution in [1.29, 1.82) is 0 Å². The second kappa shape index (κ2) is 8.65. The summed E-state index contributed by atoms with van der Waals surface area (Å²) in [4.78, 5) is 4.51. The highest BCUT2D eigenvalue weighted by molar-refractivity contribution is 5.85. The maximum Gasteiger partial charge on any atom is 0.227 e. The van der Waals surface area contributed by atoms with E-state index in [0.29, 0.717) is 24.7 Å². The molecule has 0 bridgehead atoms. The minimum Gasteiger partial charge on any atom is -0.496 e. The van der Waals surface area contributed by atoms with Gasteiger partial charge < -0.3 is 15.0 Å². The van der Waals surface area contributed by atoms with Gasteiger partial charge in [0.25, 0.3) is 0 Å². The minimum atomic E-state index is 0. The van der Waals surface area contributed by atoms with E-state index in [2.05, 4.69) is 23.1 Å². The quantitative estimate of drug-likeness (QED) is 0.720. The molecule has 0 spiro atoms. The van der Waals surface area contributed by atoms with Gasteiger partial charge in [-0.1, -0.05) is 54.5 Å². The zero-order valence-corrected chi connectivity index (χ0v) is 15.1. The normalized spacial score (nSPS) is 11.6. The Morgan fingerprint density at radius 3 is 2.52 bits per heavy atom. The molecule has 1 heterocycles. The van der Waals surface area contributed by atoms with Crippen molar-refractivity contribution in [3.63, 3.8) is 0 Å². The highest BCUT2D eigenvalue weighted by atomic mass is 35.5. The van der Waals surface area contributed by atoms with Crippen molar-refractivity contribution in [3.05, 3.63) is 65.5 Å². The zero-order chi connectivity index (χ0) is 16.9. The van der Waals surface area contributed by atoms with E-state index in [-0.39, 0.29) is 18.3 Å². The molecule has 0 aliphatic carbocycles. The van der Waals surface area contributed by atoms with Crippen molar-refractivity contribution in [2.75, 3.05) is 7.11 Å². The Balaban J connectivity index is 0.00000225. The van der Waals surface area contributed by atoms with Crippen LogP contribution in [0.5, 0.6) is 5.75 Å². The third kappa shape index (κ3) is 4.38. The lowest BCUT2D eigenvalue weighted by molar-refractivity contribution is 0.368. The van der Waals surface area contributed by atoms with Gasteiger partial charge >= 0.3 is 0 Å². The van der Waals surface area contributed by atoms with Crippen LogP contribution in [-0.2, 0) is 13.0 Å². The fourth-order valence-electron chi connectivity index (χ4n) is 2.69. The summed E-state index contributed by atoms with van der Waals surface area (Å²) < 4.78 is 10.8. The Kier molecular flexibility index (Phi) is 6.56. The summed E-state index contributed by atoms with van der Waals surface area (Å²) in [6, 6.07) is 15.9. The fraction of sp³-hybridized carbons (Fsp3) is 0.263. The Hall–Kier alpha value is -2.37. The first-order valence-electron chi connectivity index (χ1n) is 7.96. The number of para-hydroxylation sites is 1. The van der Waals surface area contributed by atoms with Gasteiger partial charge in [0.1, 0.15) is 5.75 Å². The van der Waals surface area contributed by atoms with Gasteiger partial charge in [0.15, 0.2) is 0 Å². The highest BCUT2D eigenvalue weighted by Crippen LogP contribution is 2.29. The molecule has 1 atom stereocenters. The van der Waals surface area contributed by atoms with Crippen LogP contribution in [0.15, 0.2) is 53.1 Å². The standard InChI is InChI=1S/C19H21N3O2.ClH/c1-13(16-5-3-4-6-17(16)23-2)11-18-21-19(22-24-18)15-9-7-14(12-20)8-10-15;/h3-10,13H,11-12,20H2,1-2H3;1H. The Morgan fingerprint density at radius 1 is 1.12 bits per heavy atom. The van der Waals surface area contributed by atoms with Crippen LogP contribution in [0.2, 0.25) is 0 Å². The molecule has 0 radical (unpaired) electrons. The van der Waals surface area contributed by atoms with Gasteiger partial charge in [0, 0.05) is 18.5 Å². The number of nitrogens with zero attached hydrogens (tertiary/aromatic N) is 2. The number of halogens is 1. The third-order valence-electron chi connectivity index (χ3n) is 4.07. The van der Waals surface area contributed by atoms with Gasteiger partial charge in [-0.05, 0) is 23.1 Å². The molecule has 3 aromatic rings. The van der Waals surface area contributed by atoms with Gasteiger partial charge in [-0.15, -0.1) is 12.4 Å². The molecule has 0 aliphatic heterocycles. The summed E-state index contributed by atoms with van der Waals surface area (Å²) in [5.74, 6) is 2.31. The molecule has 132 valence electrons. The molecule has 2 N–H and O–H groups in total. The number of nitrogens with two attached hydrogens (primary N) is 1. The molecular formula is C19H22ClN3O2. The average molecular weight is 360 g/mol. The fourth-order valence-corrected chi connectivity index (χ4v) is 2.69. The molecule has 1 unspecified atom stereocenters. The van der Waals surface area contributed by atoms with Crippen LogP contribution in [0.3, 0.4) is 0 Å². The summed E-state index contributed by atoms with van der Waals surface area (Å²) >= 11 is 0. The molecule has 0 aliphatic rings. The smallest absolute Gasteiger partial charge is 0.227 e. The topological polar surface area (TPSA) is 74.2 Å². The SMILES string of the molecule is COc1ccccc1C(C)Cc1nc(-c2ccc(CN)cc2)no1.Cl. The number of aromatic nitrogens is 2. The maximum absolute atomic E-state index is 5.62. The molecule has 0 saturated carbocycles. The van der Waals surface area contributed by atoms with Crippen molar-refractivity contribution in [2.24, 2.45) is 5.73 Å². The van der Waals surface area contributed by atoms with Gasteiger partial charge in [-0.25, -0.2) is 0 Å². The average Bonchev–Trinajstić information content (AvgIpc) is 3.10. The van der Waals surface area contributed by atoms with Crippen LogP contribution in [0.1, 0.15) is 29.9 Å². The minimum absolute atomic E-state index is 0. The van der Waals surface area contributed by atoms with Gasteiger partial charge in [-0.2, -0.15) is 4.98 Å². The van der Waals surface area contributed by atoms with E-state index >= 15 is 0 Å². The van der Waals surface area contributed by atoms with E-state index in [1.165, 1.54) is 0 Å². The number of hydrogen-bond donors (Lipinski definition) is 1. The second-order valence-electron chi connectivity index (χ2n) is 5.76. The van der Waals surface area contributed by atoms with Crippen molar-refractivity contribution < 1.29 is 9.26 Å². The molecule has 0 fully saturated rings. The zero-order valence-electron chi connectivity index (χ0n) is 14.3. The number of rotatable bonds is 6. The van der Waals surface area contributed by atoms with E-state index < -0.39 is 0 Å². The predicted octanol–water partition coefficient (Wildman–Crippen LogP) is 3.97. The lowest BCUT2D eigenvalue weighted by Gasteiger charge is -2.13. The van der Waals surface area contributed by atoms with Crippen LogP contribution in [0.25, 0.3) is 11.4 Å². The second-order valence-corrected chi connectivity index (χ2v) is 5.76. The maximum atomic E-state index is 5.62. The third-order valence-corrected chi connectivity index (χ3v) is 4.07. The Morgan fingerprint density at radius 2 is 1.84 bits per heavy atom. The summed E-state index contributed by atoms with van der Waals surface area (Å²) in [6.45, 7) is 2.64. The van der Waals surface area contributed by atoms with Crippen LogP contribution < -0.4 is 10.5 Å². The van der Waals surface area contributed by atoms with Crippen molar-refractivity contribution in [3.8, 4) is 17.1 Å². The van der Waals surface area contributed by atoms with Crippen LogP contribution in [-0.4, -0.2) is 17.3 Å². The molecule has 0 saturated heterocycles. The van der Waals surface area contributed by atoms with Crippen molar-refractivity contribution in [1.82, 2.24) is 10.1 Å². The van der Waals surface area contributed by atoms with E-state index in [9.17, 15) is 0 Å². The summed E-state index contributed by atoms with van der Waals surface area (Å²) in [5.41, 5.74) is 8.75. The van der Waals surface area contributed by atoms with E-state index in [0.717, 1.165) is 22.4 Å². The molecule has 25 heavy (non-hydrogen) atoms. The molecule has 2 aromatic carbocycles. The Bertz CT molecular complexity index is 802. The Labute approximate surface area is 153 Å².